The topological polar surface area (TPSA) is 61.4 Å². The summed E-state index contributed by atoms with van der Waals surface area (Å²) < 4.78 is 0. The SMILES string of the molecule is C[C@@H]1CNC[C@H]1C(=O)NCCCO. The Morgan fingerprint density at radius 1 is 1.62 bits per heavy atom. The average molecular weight is 186 g/mol. The third kappa shape index (κ3) is 2.97. The van der Waals surface area contributed by atoms with Crippen molar-refractivity contribution in [1.82, 2.24) is 10.6 Å². The summed E-state index contributed by atoms with van der Waals surface area (Å²) in [6, 6.07) is 0. The van der Waals surface area contributed by atoms with Gasteiger partial charge >= 0.3 is 0 Å². The van der Waals surface area contributed by atoms with Crippen LogP contribution >= 0.6 is 0 Å². The highest BCUT2D eigenvalue weighted by molar-refractivity contribution is 5.79. The lowest BCUT2D eigenvalue weighted by Gasteiger charge is -2.13. The molecule has 0 unspecified atom stereocenters. The third-order valence-electron chi connectivity index (χ3n) is 2.49. The molecule has 1 heterocycles. The first kappa shape index (κ1) is 10.5. The standard InChI is InChI=1S/C9H18N2O2/c1-7-5-10-6-8(7)9(13)11-3-2-4-12/h7-8,10,12H,2-6H2,1H3,(H,11,13)/t7-,8-/m1/s1. The molecule has 0 saturated carbocycles. The van der Waals surface area contributed by atoms with Gasteiger partial charge in [-0.2, -0.15) is 0 Å². The van der Waals surface area contributed by atoms with E-state index in [0.29, 0.717) is 18.9 Å². The maximum Gasteiger partial charge on any atom is 0.224 e. The first-order valence-corrected chi connectivity index (χ1v) is 4.85. The number of hydrogen-bond acceptors (Lipinski definition) is 3. The highest BCUT2D eigenvalue weighted by Gasteiger charge is 2.28. The Bertz CT molecular complexity index is 173. The first-order chi connectivity index (χ1) is 6.25. The number of nitrogens with one attached hydrogen (secondary N) is 2. The molecule has 1 amide bonds. The van der Waals surface area contributed by atoms with Gasteiger partial charge < -0.3 is 15.7 Å². The van der Waals surface area contributed by atoms with Gasteiger partial charge in [-0.15, -0.1) is 0 Å². The average Bonchev–Trinajstić information content (AvgIpc) is 2.52. The van der Waals surface area contributed by atoms with Gasteiger partial charge in [-0.3, -0.25) is 4.79 Å². The van der Waals surface area contributed by atoms with Crippen molar-refractivity contribution in [1.29, 1.82) is 0 Å². The highest BCUT2D eigenvalue weighted by Crippen LogP contribution is 2.15. The Kier molecular flexibility index (Phi) is 4.18. The quantitative estimate of drug-likeness (QED) is 0.511. The Morgan fingerprint density at radius 3 is 2.92 bits per heavy atom. The molecule has 13 heavy (non-hydrogen) atoms. The summed E-state index contributed by atoms with van der Waals surface area (Å²) in [6.07, 6.45) is 0.639. The van der Waals surface area contributed by atoms with Gasteiger partial charge in [0.05, 0.1) is 5.92 Å². The molecule has 1 aliphatic heterocycles. The van der Waals surface area contributed by atoms with E-state index in [0.717, 1.165) is 13.1 Å². The van der Waals surface area contributed by atoms with Crippen molar-refractivity contribution in [2.45, 2.75) is 13.3 Å². The largest absolute Gasteiger partial charge is 0.396 e. The Balaban J connectivity index is 2.22. The van der Waals surface area contributed by atoms with E-state index in [4.69, 9.17) is 5.11 Å². The fourth-order valence-corrected chi connectivity index (χ4v) is 1.58. The van der Waals surface area contributed by atoms with Crippen molar-refractivity contribution in [3.05, 3.63) is 0 Å². The summed E-state index contributed by atoms with van der Waals surface area (Å²) in [6.45, 7) is 4.51. The van der Waals surface area contributed by atoms with Crippen LogP contribution in [-0.4, -0.2) is 37.3 Å². The van der Waals surface area contributed by atoms with E-state index in [9.17, 15) is 4.79 Å². The van der Waals surface area contributed by atoms with Crippen LogP contribution in [0.1, 0.15) is 13.3 Å². The molecule has 0 bridgehead atoms. The monoisotopic (exact) mass is 186 g/mol. The summed E-state index contributed by atoms with van der Waals surface area (Å²) in [5.41, 5.74) is 0. The molecular weight excluding hydrogens is 168 g/mol. The lowest BCUT2D eigenvalue weighted by atomic mass is 9.97. The van der Waals surface area contributed by atoms with E-state index >= 15 is 0 Å². The maximum absolute atomic E-state index is 11.5. The molecule has 4 nitrogen and oxygen atoms in total. The lowest BCUT2D eigenvalue weighted by Crippen LogP contribution is -2.35. The van der Waals surface area contributed by atoms with E-state index in [1.54, 1.807) is 0 Å². The van der Waals surface area contributed by atoms with Crippen LogP contribution in [0.3, 0.4) is 0 Å². The zero-order valence-electron chi connectivity index (χ0n) is 8.05. The van der Waals surface area contributed by atoms with Crippen molar-refractivity contribution in [2.24, 2.45) is 11.8 Å². The van der Waals surface area contributed by atoms with Crippen molar-refractivity contribution in [3.63, 3.8) is 0 Å². The van der Waals surface area contributed by atoms with E-state index in [1.165, 1.54) is 0 Å². The van der Waals surface area contributed by atoms with E-state index in [1.807, 2.05) is 0 Å². The second-order valence-corrected chi connectivity index (χ2v) is 3.61. The summed E-state index contributed by atoms with van der Waals surface area (Å²) in [5, 5.41) is 14.5. The van der Waals surface area contributed by atoms with Crippen molar-refractivity contribution in [3.8, 4) is 0 Å². The van der Waals surface area contributed by atoms with Gasteiger partial charge in [0.1, 0.15) is 0 Å². The predicted molar refractivity (Wildman–Crippen MR) is 50.2 cm³/mol. The summed E-state index contributed by atoms with van der Waals surface area (Å²) in [4.78, 5) is 11.5. The molecule has 0 aliphatic carbocycles. The molecular formula is C9H18N2O2. The fraction of sp³-hybridized carbons (Fsp3) is 0.889. The van der Waals surface area contributed by atoms with Crippen LogP contribution in [0.5, 0.6) is 0 Å². The van der Waals surface area contributed by atoms with Crippen molar-refractivity contribution < 1.29 is 9.90 Å². The first-order valence-electron chi connectivity index (χ1n) is 4.85. The van der Waals surface area contributed by atoms with Crippen LogP contribution in [0.2, 0.25) is 0 Å². The fourth-order valence-electron chi connectivity index (χ4n) is 1.58. The number of carbonyl (C=O) groups excluding carboxylic acids is 1. The smallest absolute Gasteiger partial charge is 0.224 e. The Labute approximate surface area is 78.7 Å². The van der Waals surface area contributed by atoms with Crippen LogP contribution in [-0.2, 0) is 4.79 Å². The molecule has 76 valence electrons. The van der Waals surface area contributed by atoms with Crippen molar-refractivity contribution >= 4 is 5.91 Å². The van der Waals surface area contributed by atoms with Gasteiger partial charge in [-0.25, -0.2) is 0 Å². The number of aliphatic hydroxyl groups excluding tert-OH is 1. The zero-order chi connectivity index (χ0) is 9.68. The molecule has 1 fully saturated rings. The summed E-state index contributed by atoms with van der Waals surface area (Å²) >= 11 is 0. The number of rotatable bonds is 4. The molecule has 4 heteroatoms. The number of aliphatic hydroxyl groups is 1. The highest BCUT2D eigenvalue weighted by atomic mass is 16.3. The Morgan fingerprint density at radius 2 is 2.38 bits per heavy atom. The second-order valence-electron chi connectivity index (χ2n) is 3.61. The summed E-state index contributed by atoms with van der Waals surface area (Å²) in [7, 11) is 0. The predicted octanol–water partition coefficient (Wildman–Crippen LogP) is -0.659. The molecule has 0 radical (unpaired) electrons. The second kappa shape index (κ2) is 5.19. The maximum atomic E-state index is 11.5. The molecule has 3 N–H and O–H groups in total. The number of hydrogen-bond donors (Lipinski definition) is 3. The molecule has 1 aliphatic rings. The van der Waals surface area contributed by atoms with Crippen LogP contribution in [0.25, 0.3) is 0 Å². The van der Waals surface area contributed by atoms with Gasteiger partial charge in [0.25, 0.3) is 0 Å². The van der Waals surface area contributed by atoms with E-state index in [-0.39, 0.29) is 18.4 Å². The molecule has 0 aromatic carbocycles. The molecule has 0 aromatic rings. The van der Waals surface area contributed by atoms with Gasteiger partial charge in [0, 0.05) is 19.7 Å². The Hall–Kier alpha value is -0.610. The van der Waals surface area contributed by atoms with Crippen LogP contribution in [0.4, 0.5) is 0 Å². The molecule has 2 atom stereocenters. The van der Waals surface area contributed by atoms with Gasteiger partial charge in [0.15, 0.2) is 0 Å². The molecule has 1 saturated heterocycles. The van der Waals surface area contributed by atoms with Gasteiger partial charge in [-0.05, 0) is 18.9 Å². The van der Waals surface area contributed by atoms with Crippen LogP contribution in [0, 0.1) is 11.8 Å². The van der Waals surface area contributed by atoms with E-state index in [2.05, 4.69) is 17.6 Å². The minimum absolute atomic E-state index is 0.110. The van der Waals surface area contributed by atoms with Gasteiger partial charge in [0.2, 0.25) is 5.91 Å². The van der Waals surface area contributed by atoms with Crippen LogP contribution in [0.15, 0.2) is 0 Å². The lowest BCUT2D eigenvalue weighted by molar-refractivity contribution is -0.125. The number of amides is 1. The minimum Gasteiger partial charge on any atom is -0.396 e. The zero-order valence-corrected chi connectivity index (χ0v) is 8.05. The van der Waals surface area contributed by atoms with Crippen molar-refractivity contribution in [2.75, 3.05) is 26.2 Å². The van der Waals surface area contributed by atoms with E-state index < -0.39 is 0 Å². The molecule has 0 aromatic heterocycles. The number of carbonyl (C=O) groups is 1. The summed E-state index contributed by atoms with van der Waals surface area (Å²) in [5.74, 6) is 0.652. The third-order valence-corrected chi connectivity index (χ3v) is 2.49. The normalized spacial score (nSPS) is 27.5. The van der Waals surface area contributed by atoms with Gasteiger partial charge in [-0.1, -0.05) is 6.92 Å². The molecule has 1 rings (SSSR count). The van der Waals surface area contributed by atoms with Crippen LogP contribution < -0.4 is 10.6 Å². The minimum atomic E-state index is 0.110. The molecule has 0 spiro atoms.